The summed E-state index contributed by atoms with van der Waals surface area (Å²) < 4.78 is 0. The van der Waals surface area contributed by atoms with Crippen LogP contribution in [0.3, 0.4) is 0 Å². The van der Waals surface area contributed by atoms with Crippen molar-refractivity contribution in [1.29, 1.82) is 0 Å². The summed E-state index contributed by atoms with van der Waals surface area (Å²) in [5.74, 6) is 0.691. The molecule has 1 radical (unpaired) electrons. The van der Waals surface area contributed by atoms with E-state index in [4.69, 9.17) is 5.73 Å². The summed E-state index contributed by atoms with van der Waals surface area (Å²) in [4.78, 5) is 0. The lowest BCUT2D eigenvalue weighted by atomic mass is 10.3. The minimum absolute atomic E-state index is 0.250. The highest BCUT2D eigenvalue weighted by Gasteiger charge is 1.90. The molecule has 0 unspecified atom stereocenters. The fraction of sp³-hybridized carbons (Fsp3) is 1.00. The first-order valence-electron chi connectivity index (χ1n) is 2.15. The van der Waals surface area contributed by atoms with E-state index >= 15 is 0 Å². The van der Waals surface area contributed by atoms with Gasteiger partial charge in [0.15, 0.2) is 0 Å². The predicted octanol–water partition coefficient (Wildman–Crippen LogP) is 0.921. The van der Waals surface area contributed by atoms with E-state index < -0.39 is 0 Å². The summed E-state index contributed by atoms with van der Waals surface area (Å²) in [6, 6.07) is 0.250. The van der Waals surface area contributed by atoms with Crippen LogP contribution in [0.2, 0.25) is 0 Å². The molecule has 0 heterocycles. The third kappa shape index (κ3) is 2.54. The van der Waals surface area contributed by atoms with E-state index in [0.717, 1.165) is 6.42 Å². The number of nitrogens with two attached hydrogens (primary N) is 1. The summed E-state index contributed by atoms with van der Waals surface area (Å²) in [7, 11) is 0. The molecule has 1 atom stereocenters. The standard InChI is InChI=1S/C4H10NS/c1-2-4(5)3-6/h4H,2-3,5H2,1H3/t4-/m1/s1. The Morgan fingerprint density at radius 1 is 1.83 bits per heavy atom. The highest BCUT2D eigenvalue weighted by molar-refractivity contribution is 7.80. The molecule has 0 spiro atoms. The Morgan fingerprint density at radius 2 is 2.33 bits per heavy atom. The lowest BCUT2D eigenvalue weighted by Gasteiger charge is -1.98. The van der Waals surface area contributed by atoms with Gasteiger partial charge < -0.3 is 5.73 Å². The maximum absolute atomic E-state index is 5.37. The number of hydrogen-bond donors (Lipinski definition) is 1. The van der Waals surface area contributed by atoms with Crippen LogP contribution in [0.4, 0.5) is 0 Å². The van der Waals surface area contributed by atoms with Crippen LogP contribution in [0.5, 0.6) is 0 Å². The molecule has 0 aromatic rings. The Bertz CT molecular complexity index is 26.7. The van der Waals surface area contributed by atoms with Crippen molar-refractivity contribution in [3.05, 3.63) is 0 Å². The molecule has 0 aliphatic carbocycles. The molecule has 0 aromatic carbocycles. The molecule has 0 fully saturated rings. The predicted molar refractivity (Wildman–Crippen MR) is 30.7 cm³/mol. The van der Waals surface area contributed by atoms with Gasteiger partial charge in [-0.1, -0.05) is 19.6 Å². The highest BCUT2D eigenvalue weighted by atomic mass is 32.1. The van der Waals surface area contributed by atoms with Gasteiger partial charge in [0, 0.05) is 11.8 Å². The molecule has 37 valence electrons. The fourth-order valence-electron chi connectivity index (χ4n) is 0.118. The zero-order valence-corrected chi connectivity index (χ0v) is 4.79. The van der Waals surface area contributed by atoms with Crippen LogP contribution in [-0.4, -0.2) is 11.8 Å². The van der Waals surface area contributed by atoms with Gasteiger partial charge in [-0.2, -0.15) is 0 Å². The first-order valence-corrected chi connectivity index (χ1v) is 2.72. The minimum atomic E-state index is 0.250. The molecule has 2 heteroatoms. The molecule has 0 amide bonds. The maximum atomic E-state index is 5.37. The van der Waals surface area contributed by atoms with Crippen molar-refractivity contribution in [2.75, 3.05) is 5.75 Å². The Morgan fingerprint density at radius 3 is 2.33 bits per heavy atom. The van der Waals surface area contributed by atoms with Crippen molar-refractivity contribution in [3.63, 3.8) is 0 Å². The summed E-state index contributed by atoms with van der Waals surface area (Å²) in [6.07, 6.45) is 1.00. The van der Waals surface area contributed by atoms with Crippen LogP contribution in [0.25, 0.3) is 0 Å². The van der Waals surface area contributed by atoms with Crippen molar-refractivity contribution in [1.82, 2.24) is 0 Å². The molecule has 0 aliphatic heterocycles. The molecule has 0 saturated carbocycles. The van der Waals surface area contributed by atoms with Crippen molar-refractivity contribution in [3.8, 4) is 0 Å². The van der Waals surface area contributed by atoms with Crippen LogP contribution in [0.15, 0.2) is 0 Å². The third-order valence-corrected chi connectivity index (χ3v) is 1.17. The highest BCUT2D eigenvalue weighted by Crippen LogP contribution is 1.85. The Labute approximate surface area is 44.3 Å². The summed E-state index contributed by atoms with van der Waals surface area (Å²) in [6.45, 7) is 2.04. The zero-order valence-electron chi connectivity index (χ0n) is 3.98. The van der Waals surface area contributed by atoms with Crippen LogP contribution in [0.1, 0.15) is 13.3 Å². The monoisotopic (exact) mass is 104 g/mol. The topological polar surface area (TPSA) is 26.0 Å². The Hall–Kier alpha value is 0.310. The van der Waals surface area contributed by atoms with E-state index in [1.165, 1.54) is 0 Å². The maximum Gasteiger partial charge on any atom is 0.0189 e. The van der Waals surface area contributed by atoms with Gasteiger partial charge in [-0.05, 0) is 6.42 Å². The molecular formula is C4H10NS. The van der Waals surface area contributed by atoms with Crippen molar-refractivity contribution >= 4 is 12.6 Å². The average molecular weight is 104 g/mol. The summed E-state index contributed by atoms with van der Waals surface area (Å²) >= 11 is 4.65. The van der Waals surface area contributed by atoms with Crippen LogP contribution in [0, 0.1) is 0 Å². The molecule has 0 aromatic heterocycles. The molecule has 0 aliphatic rings. The molecule has 1 nitrogen and oxygen atoms in total. The van der Waals surface area contributed by atoms with Gasteiger partial charge in [0.25, 0.3) is 0 Å². The summed E-state index contributed by atoms with van der Waals surface area (Å²) in [5.41, 5.74) is 5.37. The lowest BCUT2D eigenvalue weighted by molar-refractivity contribution is 0.727. The lowest BCUT2D eigenvalue weighted by Crippen LogP contribution is -2.19. The fourth-order valence-corrected chi connectivity index (χ4v) is 0.354. The van der Waals surface area contributed by atoms with Gasteiger partial charge >= 0.3 is 0 Å². The van der Waals surface area contributed by atoms with Crippen LogP contribution < -0.4 is 5.73 Å². The van der Waals surface area contributed by atoms with Gasteiger partial charge in [0.1, 0.15) is 0 Å². The SMILES string of the molecule is CC[C@@H](N)C[S]. The summed E-state index contributed by atoms with van der Waals surface area (Å²) in [5, 5.41) is 0. The van der Waals surface area contributed by atoms with Gasteiger partial charge in [-0.3, -0.25) is 0 Å². The normalized spacial score (nSPS) is 14.5. The molecule has 0 bridgehead atoms. The second-order valence-electron chi connectivity index (χ2n) is 1.33. The van der Waals surface area contributed by atoms with E-state index in [1.54, 1.807) is 0 Å². The van der Waals surface area contributed by atoms with E-state index in [0.29, 0.717) is 5.75 Å². The molecule has 0 rings (SSSR count). The van der Waals surface area contributed by atoms with Crippen molar-refractivity contribution in [2.24, 2.45) is 5.73 Å². The smallest absolute Gasteiger partial charge is 0.0189 e. The van der Waals surface area contributed by atoms with Gasteiger partial charge in [-0.25, -0.2) is 0 Å². The van der Waals surface area contributed by atoms with Gasteiger partial charge in [0.2, 0.25) is 0 Å². The number of rotatable bonds is 2. The first kappa shape index (κ1) is 6.31. The molecule has 2 N–H and O–H groups in total. The van der Waals surface area contributed by atoms with Gasteiger partial charge in [0.05, 0.1) is 0 Å². The van der Waals surface area contributed by atoms with Crippen molar-refractivity contribution in [2.45, 2.75) is 19.4 Å². The van der Waals surface area contributed by atoms with Gasteiger partial charge in [-0.15, -0.1) is 0 Å². The molecular weight excluding hydrogens is 94.1 g/mol. The van der Waals surface area contributed by atoms with E-state index in [2.05, 4.69) is 12.6 Å². The van der Waals surface area contributed by atoms with Crippen LogP contribution >= 0.6 is 12.6 Å². The van der Waals surface area contributed by atoms with Crippen LogP contribution in [-0.2, 0) is 0 Å². The molecule has 0 saturated heterocycles. The van der Waals surface area contributed by atoms with Crippen molar-refractivity contribution < 1.29 is 0 Å². The van der Waals surface area contributed by atoms with E-state index in [9.17, 15) is 0 Å². The largest absolute Gasteiger partial charge is 0.327 e. The second kappa shape index (κ2) is 3.50. The average Bonchev–Trinajstić information content (AvgIpc) is 1.65. The Kier molecular flexibility index (Phi) is 3.68. The van der Waals surface area contributed by atoms with E-state index in [-0.39, 0.29) is 6.04 Å². The second-order valence-corrected chi connectivity index (χ2v) is 1.67. The quantitative estimate of drug-likeness (QED) is 0.554. The molecule has 6 heavy (non-hydrogen) atoms. The van der Waals surface area contributed by atoms with E-state index in [1.807, 2.05) is 6.92 Å². The zero-order chi connectivity index (χ0) is 4.99. The first-order chi connectivity index (χ1) is 2.81. The third-order valence-electron chi connectivity index (χ3n) is 0.738. The number of hydrogen-bond acceptors (Lipinski definition) is 1. The Balaban J connectivity index is 2.75. The minimum Gasteiger partial charge on any atom is -0.327 e.